The maximum Gasteiger partial charge on any atom is 0.303 e. The van der Waals surface area contributed by atoms with Gasteiger partial charge in [-0.15, -0.1) is 0 Å². The van der Waals surface area contributed by atoms with Gasteiger partial charge in [0.1, 0.15) is 0 Å². The molecule has 1 saturated heterocycles. The van der Waals surface area contributed by atoms with E-state index in [0.29, 0.717) is 12.3 Å². The number of aliphatic carboxylic acids is 1. The van der Waals surface area contributed by atoms with Gasteiger partial charge in [0.05, 0.1) is 6.42 Å². The third kappa shape index (κ3) is 3.44. The molecule has 0 amide bonds. The summed E-state index contributed by atoms with van der Waals surface area (Å²) < 4.78 is 0. The second kappa shape index (κ2) is 5.85. The van der Waals surface area contributed by atoms with Crippen LogP contribution in [0, 0.1) is 11.8 Å². The summed E-state index contributed by atoms with van der Waals surface area (Å²) in [6, 6.07) is 0.758. The molecule has 0 radical (unpaired) electrons. The minimum atomic E-state index is -0.638. The molecule has 1 heterocycles. The minimum Gasteiger partial charge on any atom is -0.481 e. The van der Waals surface area contributed by atoms with Crippen molar-refractivity contribution < 1.29 is 9.90 Å². The van der Waals surface area contributed by atoms with Crippen molar-refractivity contribution in [2.24, 2.45) is 11.8 Å². The lowest BCUT2D eigenvalue weighted by Crippen LogP contribution is -2.53. The van der Waals surface area contributed by atoms with E-state index in [4.69, 9.17) is 5.11 Å². The molecule has 3 heteroatoms. The highest BCUT2D eigenvalue weighted by atomic mass is 16.4. The first-order valence-electron chi connectivity index (χ1n) is 7.15. The Morgan fingerprint density at radius 1 is 1.18 bits per heavy atom. The molecular weight excluding hydrogens is 214 g/mol. The first-order chi connectivity index (χ1) is 8.19. The van der Waals surface area contributed by atoms with Crippen molar-refractivity contribution in [2.75, 3.05) is 13.1 Å². The molecule has 0 spiro atoms. The maximum absolute atomic E-state index is 10.6. The van der Waals surface area contributed by atoms with E-state index in [1.54, 1.807) is 0 Å². The summed E-state index contributed by atoms with van der Waals surface area (Å²) in [6.07, 6.45) is 8.53. The molecule has 17 heavy (non-hydrogen) atoms. The Bertz CT molecular complexity index is 253. The van der Waals surface area contributed by atoms with Crippen molar-refractivity contribution in [3.63, 3.8) is 0 Å². The van der Waals surface area contributed by atoms with Crippen LogP contribution in [0.1, 0.15) is 51.9 Å². The molecule has 0 aromatic carbocycles. The Labute approximate surface area is 104 Å². The number of carboxylic acids is 1. The SMILES string of the molecule is CCCC1CCC(N2CC(CC(=O)O)C2)CC1. The van der Waals surface area contributed by atoms with Gasteiger partial charge in [0.25, 0.3) is 0 Å². The maximum atomic E-state index is 10.6. The average Bonchev–Trinajstić information content (AvgIpc) is 2.24. The highest BCUT2D eigenvalue weighted by Gasteiger charge is 2.35. The number of hydrogen-bond donors (Lipinski definition) is 1. The Morgan fingerprint density at radius 2 is 1.82 bits per heavy atom. The molecule has 1 aliphatic heterocycles. The first kappa shape index (κ1) is 12.9. The zero-order chi connectivity index (χ0) is 12.3. The van der Waals surface area contributed by atoms with Gasteiger partial charge >= 0.3 is 5.97 Å². The molecule has 0 aromatic heterocycles. The number of carbonyl (C=O) groups is 1. The highest BCUT2D eigenvalue weighted by Crippen LogP contribution is 2.33. The lowest BCUT2D eigenvalue weighted by molar-refractivity contribution is -0.140. The van der Waals surface area contributed by atoms with Crippen molar-refractivity contribution in [1.82, 2.24) is 4.90 Å². The fourth-order valence-electron chi connectivity index (χ4n) is 3.49. The van der Waals surface area contributed by atoms with Gasteiger partial charge in [0.2, 0.25) is 0 Å². The van der Waals surface area contributed by atoms with E-state index in [0.717, 1.165) is 25.0 Å². The quantitative estimate of drug-likeness (QED) is 0.802. The van der Waals surface area contributed by atoms with E-state index in [-0.39, 0.29) is 0 Å². The summed E-state index contributed by atoms with van der Waals surface area (Å²) in [5, 5.41) is 8.72. The third-order valence-electron chi connectivity index (χ3n) is 4.48. The third-order valence-corrected chi connectivity index (χ3v) is 4.48. The lowest BCUT2D eigenvalue weighted by atomic mass is 9.81. The molecule has 1 N–H and O–H groups in total. The molecule has 0 aromatic rings. The average molecular weight is 239 g/mol. The van der Waals surface area contributed by atoms with Crippen molar-refractivity contribution in [3.05, 3.63) is 0 Å². The van der Waals surface area contributed by atoms with Crippen LogP contribution < -0.4 is 0 Å². The highest BCUT2D eigenvalue weighted by molar-refractivity contribution is 5.67. The summed E-state index contributed by atoms with van der Waals surface area (Å²) in [4.78, 5) is 13.1. The fraction of sp³-hybridized carbons (Fsp3) is 0.929. The van der Waals surface area contributed by atoms with Crippen molar-refractivity contribution in [1.29, 1.82) is 0 Å². The molecule has 2 rings (SSSR count). The molecule has 3 nitrogen and oxygen atoms in total. The van der Waals surface area contributed by atoms with Crippen LogP contribution >= 0.6 is 0 Å². The predicted octanol–water partition coefficient (Wildman–Crippen LogP) is 2.75. The standard InChI is InChI=1S/C14H25NO2/c1-2-3-11-4-6-13(7-5-11)15-9-12(10-15)8-14(16)17/h11-13H,2-10H2,1H3,(H,16,17). The normalized spacial score (nSPS) is 31.1. The number of likely N-dealkylation sites (tertiary alicyclic amines) is 1. The van der Waals surface area contributed by atoms with Crippen LogP contribution in [-0.2, 0) is 4.79 Å². The Hall–Kier alpha value is -0.570. The second-order valence-corrected chi connectivity index (χ2v) is 5.88. The first-order valence-corrected chi connectivity index (χ1v) is 7.15. The van der Waals surface area contributed by atoms with Crippen LogP contribution in [0.2, 0.25) is 0 Å². The van der Waals surface area contributed by atoms with Crippen LogP contribution in [0.25, 0.3) is 0 Å². The molecule has 1 saturated carbocycles. The summed E-state index contributed by atoms with van der Waals surface area (Å²) in [5.74, 6) is 0.745. The monoisotopic (exact) mass is 239 g/mol. The topological polar surface area (TPSA) is 40.5 Å². The number of carboxylic acid groups (broad SMARTS) is 1. The van der Waals surface area contributed by atoms with E-state index >= 15 is 0 Å². The fourth-order valence-corrected chi connectivity index (χ4v) is 3.49. The van der Waals surface area contributed by atoms with Gasteiger partial charge in [-0.2, -0.15) is 0 Å². The van der Waals surface area contributed by atoms with Gasteiger partial charge in [-0.1, -0.05) is 19.8 Å². The smallest absolute Gasteiger partial charge is 0.303 e. The molecular formula is C14H25NO2. The number of nitrogens with zero attached hydrogens (tertiary/aromatic N) is 1. The molecule has 1 aliphatic carbocycles. The number of hydrogen-bond acceptors (Lipinski definition) is 2. The van der Waals surface area contributed by atoms with Gasteiger partial charge in [-0.25, -0.2) is 0 Å². The van der Waals surface area contributed by atoms with E-state index in [1.807, 2.05) is 0 Å². The summed E-state index contributed by atoms with van der Waals surface area (Å²) in [6.45, 7) is 4.32. The van der Waals surface area contributed by atoms with Crippen LogP contribution in [0.3, 0.4) is 0 Å². The Balaban J connectivity index is 1.64. The van der Waals surface area contributed by atoms with E-state index in [1.165, 1.54) is 38.5 Å². The van der Waals surface area contributed by atoms with Crippen LogP contribution in [0.15, 0.2) is 0 Å². The summed E-state index contributed by atoms with van der Waals surface area (Å²) in [5.41, 5.74) is 0. The summed E-state index contributed by atoms with van der Waals surface area (Å²) in [7, 11) is 0. The van der Waals surface area contributed by atoms with E-state index in [9.17, 15) is 4.79 Å². The molecule has 0 bridgehead atoms. The van der Waals surface area contributed by atoms with Gasteiger partial charge in [-0.05, 0) is 37.5 Å². The largest absolute Gasteiger partial charge is 0.481 e. The summed E-state index contributed by atoms with van der Waals surface area (Å²) >= 11 is 0. The zero-order valence-electron chi connectivity index (χ0n) is 10.9. The Morgan fingerprint density at radius 3 is 2.35 bits per heavy atom. The number of rotatable bonds is 5. The minimum absolute atomic E-state index is 0.363. The second-order valence-electron chi connectivity index (χ2n) is 5.88. The van der Waals surface area contributed by atoms with Crippen molar-refractivity contribution in [2.45, 2.75) is 57.9 Å². The van der Waals surface area contributed by atoms with Crippen LogP contribution in [0.5, 0.6) is 0 Å². The van der Waals surface area contributed by atoms with Gasteiger partial charge in [0, 0.05) is 19.1 Å². The predicted molar refractivity (Wildman–Crippen MR) is 68.0 cm³/mol. The van der Waals surface area contributed by atoms with Crippen molar-refractivity contribution >= 4 is 5.97 Å². The molecule has 0 unspecified atom stereocenters. The lowest BCUT2D eigenvalue weighted by Gasteiger charge is -2.46. The zero-order valence-corrected chi connectivity index (χ0v) is 10.9. The van der Waals surface area contributed by atoms with Crippen molar-refractivity contribution in [3.8, 4) is 0 Å². The molecule has 2 aliphatic rings. The van der Waals surface area contributed by atoms with Crippen LogP contribution in [-0.4, -0.2) is 35.1 Å². The molecule has 0 atom stereocenters. The van der Waals surface area contributed by atoms with E-state index < -0.39 is 5.97 Å². The van der Waals surface area contributed by atoms with E-state index in [2.05, 4.69) is 11.8 Å². The molecule has 98 valence electrons. The molecule has 2 fully saturated rings. The van der Waals surface area contributed by atoms with Gasteiger partial charge in [0.15, 0.2) is 0 Å². The Kier molecular flexibility index (Phi) is 4.43. The van der Waals surface area contributed by atoms with Gasteiger partial charge in [-0.3, -0.25) is 9.69 Å². The van der Waals surface area contributed by atoms with Crippen LogP contribution in [0.4, 0.5) is 0 Å². The van der Waals surface area contributed by atoms with Gasteiger partial charge < -0.3 is 5.11 Å².